The van der Waals surface area contributed by atoms with Crippen LogP contribution in [-0.2, 0) is 0 Å². The van der Waals surface area contributed by atoms with Crippen molar-refractivity contribution < 1.29 is 4.39 Å². The van der Waals surface area contributed by atoms with Crippen molar-refractivity contribution in [3.05, 3.63) is 28.5 Å². The second-order valence-corrected chi connectivity index (χ2v) is 5.86. The smallest absolute Gasteiger partial charge is 0.245 e. The Hall–Kier alpha value is -1.47. The molecule has 7 heteroatoms. The van der Waals surface area contributed by atoms with Crippen molar-refractivity contribution in [1.29, 1.82) is 0 Å². The topological polar surface area (TPSA) is 56.8 Å². The molecule has 0 bridgehead atoms. The molecule has 5 nitrogen and oxygen atoms in total. The standard InChI is InChI=1S/C13H15BrFN5/c1-8-7-20(3-2-16-8)13-17-12(18-19-13)9-4-10(14)6-11(15)5-9/h4-6,8,16H,2-3,7H2,1H3,(H,17,18,19)/t8-/m0/s1. The minimum Gasteiger partial charge on any atom is -0.337 e. The minimum absolute atomic E-state index is 0.303. The monoisotopic (exact) mass is 339 g/mol. The number of piperazine rings is 1. The normalized spacial score (nSPS) is 19.4. The fourth-order valence-electron chi connectivity index (χ4n) is 2.33. The van der Waals surface area contributed by atoms with Crippen LogP contribution in [-0.4, -0.2) is 40.9 Å². The maximum Gasteiger partial charge on any atom is 0.245 e. The van der Waals surface area contributed by atoms with Gasteiger partial charge in [-0.05, 0) is 25.1 Å². The highest BCUT2D eigenvalue weighted by atomic mass is 79.9. The summed E-state index contributed by atoms with van der Waals surface area (Å²) in [6.45, 7) is 4.78. The SMILES string of the molecule is C[C@H]1CN(c2n[nH]c(-c3cc(F)cc(Br)c3)n2)CCN1. The van der Waals surface area contributed by atoms with Crippen LogP contribution in [0.3, 0.4) is 0 Å². The largest absolute Gasteiger partial charge is 0.337 e. The van der Waals surface area contributed by atoms with E-state index in [4.69, 9.17) is 0 Å². The zero-order chi connectivity index (χ0) is 14.1. The van der Waals surface area contributed by atoms with Gasteiger partial charge in [0.15, 0.2) is 5.82 Å². The van der Waals surface area contributed by atoms with E-state index in [0.29, 0.717) is 27.9 Å². The summed E-state index contributed by atoms with van der Waals surface area (Å²) < 4.78 is 14.1. The van der Waals surface area contributed by atoms with Gasteiger partial charge in [-0.1, -0.05) is 15.9 Å². The van der Waals surface area contributed by atoms with Crippen LogP contribution in [0.4, 0.5) is 10.3 Å². The molecule has 2 N–H and O–H groups in total. The summed E-state index contributed by atoms with van der Waals surface area (Å²) in [4.78, 5) is 6.59. The molecule has 1 atom stereocenters. The van der Waals surface area contributed by atoms with Crippen molar-refractivity contribution in [2.45, 2.75) is 13.0 Å². The van der Waals surface area contributed by atoms with Gasteiger partial charge in [0.25, 0.3) is 0 Å². The first-order valence-electron chi connectivity index (χ1n) is 6.49. The fourth-order valence-corrected chi connectivity index (χ4v) is 2.79. The van der Waals surface area contributed by atoms with Crippen LogP contribution in [0.5, 0.6) is 0 Å². The van der Waals surface area contributed by atoms with E-state index in [-0.39, 0.29) is 5.82 Å². The van der Waals surface area contributed by atoms with Crippen LogP contribution in [0.2, 0.25) is 0 Å². The molecular weight excluding hydrogens is 325 g/mol. The van der Waals surface area contributed by atoms with Gasteiger partial charge in [-0.25, -0.2) is 4.39 Å². The first kappa shape index (κ1) is 13.5. The number of nitrogens with zero attached hydrogens (tertiary/aromatic N) is 3. The molecule has 0 aliphatic carbocycles. The van der Waals surface area contributed by atoms with Crippen LogP contribution in [0.15, 0.2) is 22.7 Å². The number of aromatic nitrogens is 3. The number of hydrogen-bond donors (Lipinski definition) is 2. The lowest BCUT2D eigenvalue weighted by Crippen LogP contribution is -2.49. The van der Waals surface area contributed by atoms with E-state index in [9.17, 15) is 4.39 Å². The zero-order valence-electron chi connectivity index (χ0n) is 11.0. The second kappa shape index (κ2) is 5.49. The molecule has 0 saturated carbocycles. The van der Waals surface area contributed by atoms with Gasteiger partial charge >= 0.3 is 0 Å². The van der Waals surface area contributed by atoms with Crippen molar-refractivity contribution in [3.8, 4) is 11.4 Å². The van der Waals surface area contributed by atoms with Crippen molar-refractivity contribution in [2.75, 3.05) is 24.5 Å². The predicted molar refractivity (Wildman–Crippen MR) is 79.2 cm³/mol. The minimum atomic E-state index is -0.303. The number of rotatable bonds is 2. The zero-order valence-corrected chi connectivity index (χ0v) is 12.6. The Bertz CT molecular complexity index is 594. The molecule has 1 saturated heterocycles. The molecule has 0 unspecified atom stereocenters. The maximum atomic E-state index is 13.4. The maximum absolute atomic E-state index is 13.4. The number of hydrogen-bond acceptors (Lipinski definition) is 4. The van der Waals surface area contributed by atoms with Crippen molar-refractivity contribution in [1.82, 2.24) is 20.5 Å². The van der Waals surface area contributed by atoms with E-state index < -0.39 is 0 Å². The summed E-state index contributed by atoms with van der Waals surface area (Å²) in [7, 11) is 0. The van der Waals surface area contributed by atoms with Gasteiger partial charge in [0.1, 0.15) is 5.82 Å². The first-order chi connectivity index (χ1) is 9.61. The molecular formula is C13H15BrFN5. The van der Waals surface area contributed by atoms with Gasteiger partial charge < -0.3 is 10.2 Å². The number of anilines is 1. The molecule has 1 aromatic heterocycles. The lowest BCUT2D eigenvalue weighted by molar-refractivity contribution is 0.480. The van der Waals surface area contributed by atoms with Crippen LogP contribution < -0.4 is 10.2 Å². The molecule has 0 spiro atoms. The van der Waals surface area contributed by atoms with E-state index in [0.717, 1.165) is 19.6 Å². The van der Waals surface area contributed by atoms with Gasteiger partial charge in [0.2, 0.25) is 5.95 Å². The molecule has 1 aromatic carbocycles. The van der Waals surface area contributed by atoms with Crippen LogP contribution in [0.1, 0.15) is 6.92 Å². The van der Waals surface area contributed by atoms with Gasteiger partial charge in [0, 0.05) is 35.7 Å². The molecule has 1 fully saturated rings. The molecule has 2 heterocycles. The lowest BCUT2D eigenvalue weighted by atomic mass is 10.2. The molecule has 20 heavy (non-hydrogen) atoms. The average Bonchev–Trinajstić information content (AvgIpc) is 2.87. The van der Waals surface area contributed by atoms with Gasteiger partial charge in [-0.2, -0.15) is 4.98 Å². The number of halogens is 2. The van der Waals surface area contributed by atoms with Gasteiger partial charge in [-0.3, -0.25) is 5.10 Å². The third kappa shape index (κ3) is 2.83. The highest BCUT2D eigenvalue weighted by Crippen LogP contribution is 2.23. The van der Waals surface area contributed by atoms with Crippen molar-refractivity contribution >= 4 is 21.9 Å². The summed E-state index contributed by atoms with van der Waals surface area (Å²) in [6, 6.07) is 5.08. The van der Waals surface area contributed by atoms with E-state index in [2.05, 4.69) is 48.3 Å². The summed E-state index contributed by atoms with van der Waals surface area (Å²) in [6.07, 6.45) is 0. The third-order valence-electron chi connectivity index (χ3n) is 3.26. The van der Waals surface area contributed by atoms with E-state index in [1.165, 1.54) is 12.1 Å². The highest BCUT2D eigenvalue weighted by Gasteiger charge is 2.19. The van der Waals surface area contributed by atoms with E-state index in [1.807, 2.05) is 6.07 Å². The third-order valence-corrected chi connectivity index (χ3v) is 3.72. The van der Waals surface area contributed by atoms with E-state index >= 15 is 0 Å². The first-order valence-corrected chi connectivity index (χ1v) is 7.28. The summed E-state index contributed by atoms with van der Waals surface area (Å²) in [5.74, 6) is 0.934. The van der Waals surface area contributed by atoms with Crippen molar-refractivity contribution in [2.24, 2.45) is 0 Å². The Morgan fingerprint density at radius 3 is 3.00 bits per heavy atom. The van der Waals surface area contributed by atoms with Gasteiger partial charge in [0.05, 0.1) is 0 Å². The fraction of sp³-hybridized carbons (Fsp3) is 0.385. The predicted octanol–water partition coefficient (Wildman–Crippen LogP) is 2.17. The average molecular weight is 340 g/mol. The van der Waals surface area contributed by atoms with Crippen LogP contribution in [0, 0.1) is 5.82 Å². The Balaban J connectivity index is 1.86. The molecule has 106 valence electrons. The summed E-state index contributed by atoms with van der Waals surface area (Å²) in [5.41, 5.74) is 0.679. The van der Waals surface area contributed by atoms with E-state index in [1.54, 1.807) is 0 Å². The summed E-state index contributed by atoms with van der Waals surface area (Å²) in [5, 5.41) is 10.5. The van der Waals surface area contributed by atoms with Crippen molar-refractivity contribution in [3.63, 3.8) is 0 Å². The quantitative estimate of drug-likeness (QED) is 0.880. The Morgan fingerprint density at radius 2 is 2.25 bits per heavy atom. The molecule has 1 aliphatic rings. The van der Waals surface area contributed by atoms with Gasteiger partial charge in [-0.15, -0.1) is 5.10 Å². The highest BCUT2D eigenvalue weighted by molar-refractivity contribution is 9.10. The number of aromatic amines is 1. The molecule has 0 radical (unpaired) electrons. The lowest BCUT2D eigenvalue weighted by Gasteiger charge is -2.30. The molecule has 0 amide bonds. The number of benzene rings is 1. The number of nitrogens with one attached hydrogen (secondary N) is 2. The molecule has 1 aliphatic heterocycles. The number of H-pyrrole nitrogens is 1. The Labute approximate surface area is 124 Å². The van der Waals surface area contributed by atoms with Crippen LogP contribution >= 0.6 is 15.9 Å². The second-order valence-electron chi connectivity index (χ2n) is 4.94. The summed E-state index contributed by atoms with van der Waals surface area (Å²) >= 11 is 3.28. The Morgan fingerprint density at radius 1 is 1.40 bits per heavy atom. The molecule has 3 rings (SSSR count). The molecule has 2 aromatic rings. The van der Waals surface area contributed by atoms with Crippen LogP contribution in [0.25, 0.3) is 11.4 Å². The Kier molecular flexibility index (Phi) is 3.71.